The van der Waals surface area contributed by atoms with Crippen molar-refractivity contribution in [1.29, 1.82) is 5.26 Å². The Hall–Kier alpha value is -3.90. The molecule has 188 valence electrons. The van der Waals surface area contributed by atoms with Crippen molar-refractivity contribution in [2.45, 2.75) is 51.4 Å². The fourth-order valence-corrected chi connectivity index (χ4v) is 7.53. The number of benzene rings is 3. The van der Waals surface area contributed by atoms with Crippen molar-refractivity contribution in [2.75, 3.05) is 0 Å². The van der Waals surface area contributed by atoms with Gasteiger partial charge in [-0.3, -0.25) is 0 Å². The molecule has 38 heavy (non-hydrogen) atoms. The first-order valence-electron chi connectivity index (χ1n) is 14.1. The van der Waals surface area contributed by atoms with Gasteiger partial charge in [-0.15, -0.1) is 0 Å². The third-order valence-electron chi connectivity index (χ3n) is 9.36. The molecule has 0 spiro atoms. The van der Waals surface area contributed by atoms with Gasteiger partial charge in [-0.05, 0) is 72.4 Å². The predicted molar refractivity (Wildman–Crippen MR) is 153 cm³/mol. The van der Waals surface area contributed by atoms with Crippen LogP contribution in [0.3, 0.4) is 0 Å². The maximum atomic E-state index is 10.3. The van der Waals surface area contributed by atoms with E-state index in [0.717, 1.165) is 50.6 Å². The van der Waals surface area contributed by atoms with Crippen LogP contribution in [-0.2, 0) is 7.05 Å². The van der Waals surface area contributed by atoms with Crippen LogP contribution >= 0.6 is 0 Å². The number of nitriles is 1. The van der Waals surface area contributed by atoms with Crippen LogP contribution in [0, 0.1) is 30.1 Å². The number of hydrogen-bond acceptors (Lipinski definition) is 2. The maximum absolute atomic E-state index is 10.3. The summed E-state index contributed by atoms with van der Waals surface area (Å²) in [5, 5.41) is 12.4. The monoisotopic (exact) mass is 497 g/mol. The lowest BCUT2D eigenvalue weighted by Crippen LogP contribution is -2.30. The number of hydrogen-bond donors (Lipinski definition) is 0. The van der Waals surface area contributed by atoms with Gasteiger partial charge in [0.2, 0.25) is 5.69 Å². The molecule has 2 fully saturated rings. The molecule has 3 heteroatoms. The summed E-state index contributed by atoms with van der Waals surface area (Å²) in [6.07, 6.45) is 10.1. The van der Waals surface area contributed by atoms with Gasteiger partial charge in [0.1, 0.15) is 18.2 Å². The molecule has 0 amide bonds. The van der Waals surface area contributed by atoms with E-state index in [1.165, 1.54) is 55.2 Å². The highest BCUT2D eigenvalue weighted by Gasteiger charge is 2.37. The Morgan fingerprint density at radius 3 is 2.24 bits per heavy atom. The van der Waals surface area contributed by atoms with Gasteiger partial charge in [-0.25, -0.2) is 4.57 Å². The fourth-order valence-electron chi connectivity index (χ4n) is 7.53. The average Bonchev–Trinajstić information content (AvgIpc) is 3.55. The van der Waals surface area contributed by atoms with Crippen molar-refractivity contribution in [3.05, 3.63) is 89.6 Å². The molecule has 0 bridgehead atoms. The van der Waals surface area contributed by atoms with Crippen molar-refractivity contribution < 1.29 is 8.98 Å². The first-order chi connectivity index (χ1) is 18.6. The van der Waals surface area contributed by atoms with Gasteiger partial charge in [0.05, 0.1) is 17.2 Å². The summed E-state index contributed by atoms with van der Waals surface area (Å²) >= 11 is 0. The Labute approximate surface area is 224 Å². The summed E-state index contributed by atoms with van der Waals surface area (Å²) < 4.78 is 8.99. The number of nitrogens with zero attached hydrogens (tertiary/aromatic N) is 2. The van der Waals surface area contributed by atoms with Crippen molar-refractivity contribution in [3.8, 4) is 28.5 Å². The Morgan fingerprint density at radius 1 is 0.816 bits per heavy atom. The zero-order valence-electron chi connectivity index (χ0n) is 22.2. The minimum Gasteiger partial charge on any atom is -0.454 e. The highest BCUT2D eigenvalue weighted by molar-refractivity contribution is 6.14. The van der Waals surface area contributed by atoms with Crippen LogP contribution in [0.1, 0.15) is 61.1 Å². The number of rotatable bonds is 3. The molecule has 3 aromatic carbocycles. The normalized spacial score (nSPS) is 21.0. The molecule has 2 unspecified atom stereocenters. The number of fused-ring (bicyclic) bond motifs is 4. The highest BCUT2D eigenvalue weighted by Crippen LogP contribution is 2.51. The van der Waals surface area contributed by atoms with Gasteiger partial charge in [0, 0.05) is 28.5 Å². The van der Waals surface area contributed by atoms with Gasteiger partial charge in [0.25, 0.3) is 0 Å². The second-order valence-electron chi connectivity index (χ2n) is 11.5. The Kier molecular flexibility index (Phi) is 5.59. The van der Waals surface area contributed by atoms with Crippen LogP contribution in [0.2, 0.25) is 0 Å². The molecule has 0 N–H and O–H groups in total. The number of aryl methyl sites for hydroxylation is 2. The van der Waals surface area contributed by atoms with E-state index in [4.69, 9.17) is 4.42 Å². The average molecular weight is 498 g/mol. The van der Waals surface area contributed by atoms with Crippen molar-refractivity contribution in [2.24, 2.45) is 18.9 Å². The molecule has 5 aromatic rings. The lowest BCUT2D eigenvalue weighted by atomic mass is 9.82. The van der Waals surface area contributed by atoms with E-state index in [9.17, 15) is 5.26 Å². The summed E-state index contributed by atoms with van der Waals surface area (Å²) in [5.74, 6) is 2.26. The van der Waals surface area contributed by atoms with Crippen LogP contribution in [-0.4, -0.2) is 0 Å². The molecule has 2 aliphatic carbocycles. The largest absolute Gasteiger partial charge is 0.454 e. The van der Waals surface area contributed by atoms with Crippen molar-refractivity contribution in [3.63, 3.8) is 0 Å². The highest BCUT2D eigenvalue weighted by atomic mass is 16.3. The van der Waals surface area contributed by atoms with Gasteiger partial charge >= 0.3 is 0 Å². The second-order valence-corrected chi connectivity index (χ2v) is 11.5. The van der Waals surface area contributed by atoms with Gasteiger partial charge in [0.15, 0.2) is 6.20 Å². The van der Waals surface area contributed by atoms with Crippen LogP contribution in [0.15, 0.2) is 77.3 Å². The van der Waals surface area contributed by atoms with Crippen LogP contribution < -0.4 is 4.57 Å². The van der Waals surface area contributed by atoms with Crippen molar-refractivity contribution in [1.82, 2.24) is 0 Å². The maximum Gasteiger partial charge on any atom is 0.216 e. The van der Waals surface area contributed by atoms with Gasteiger partial charge < -0.3 is 4.42 Å². The van der Waals surface area contributed by atoms with E-state index in [1.54, 1.807) is 0 Å². The second kappa shape index (κ2) is 9.14. The molecule has 2 atom stereocenters. The summed E-state index contributed by atoms with van der Waals surface area (Å²) in [4.78, 5) is 0. The topological polar surface area (TPSA) is 40.8 Å². The minimum absolute atomic E-state index is 0.548. The molecule has 0 radical (unpaired) electrons. The smallest absolute Gasteiger partial charge is 0.216 e. The predicted octanol–water partition coefficient (Wildman–Crippen LogP) is 8.61. The van der Waals surface area contributed by atoms with Crippen LogP contribution in [0.25, 0.3) is 44.3 Å². The molecule has 3 nitrogen and oxygen atoms in total. The molecule has 0 aliphatic heterocycles. The van der Waals surface area contributed by atoms with Crippen molar-refractivity contribution >= 4 is 21.9 Å². The molecule has 7 rings (SSSR count). The molecule has 2 aliphatic rings. The van der Waals surface area contributed by atoms with Gasteiger partial charge in [-0.1, -0.05) is 62.1 Å². The third-order valence-corrected chi connectivity index (χ3v) is 9.36. The Balaban J connectivity index is 1.47. The number of aromatic nitrogens is 1. The SMILES string of the molecule is Cc1ccc2c(oc3c(-c4ccccc4C4CC5CCCCC5C4)c(C#N)ccc32)c1-c1cccc[n+]1C. The van der Waals surface area contributed by atoms with E-state index >= 15 is 0 Å². The standard InChI is InChI=1S/C35H33N2O/c1-22-14-16-29-30-17-15-25(21-36)33(35(30)38-34(29)32(22)31-13-7-8-18-37(31)2)28-12-6-5-11-27(28)26-19-23-9-3-4-10-24(23)20-26/h5-8,11-18,23-24,26H,3-4,9-10,19-20H2,1-2H3/q+1. The Bertz CT molecular complexity index is 1720. The zero-order valence-corrected chi connectivity index (χ0v) is 22.2. The Morgan fingerprint density at radius 2 is 1.50 bits per heavy atom. The van der Waals surface area contributed by atoms with Gasteiger partial charge in [-0.2, -0.15) is 5.26 Å². The lowest BCUT2D eigenvalue weighted by molar-refractivity contribution is -0.660. The van der Waals surface area contributed by atoms with Crippen LogP contribution in [0.4, 0.5) is 0 Å². The number of furan rings is 1. The molecular formula is C35H33N2O+. The van der Waals surface area contributed by atoms with E-state index in [-0.39, 0.29) is 0 Å². The van der Waals surface area contributed by atoms with E-state index in [2.05, 4.69) is 85.4 Å². The first kappa shape index (κ1) is 23.2. The van der Waals surface area contributed by atoms with E-state index in [0.29, 0.717) is 11.5 Å². The summed E-state index contributed by atoms with van der Waals surface area (Å²) in [5.41, 5.74) is 9.31. The third kappa shape index (κ3) is 3.58. The molecule has 2 saturated carbocycles. The van der Waals surface area contributed by atoms with E-state index in [1.807, 2.05) is 12.1 Å². The fraction of sp³-hybridized carbons (Fsp3) is 0.314. The molecule has 0 saturated heterocycles. The minimum atomic E-state index is 0.548. The summed E-state index contributed by atoms with van der Waals surface area (Å²) in [7, 11) is 2.07. The summed E-state index contributed by atoms with van der Waals surface area (Å²) in [6.45, 7) is 2.14. The summed E-state index contributed by atoms with van der Waals surface area (Å²) in [6, 6.07) is 26.0. The number of pyridine rings is 1. The zero-order chi connectivity index (χ0) is 25.8. The first-order valence-corrected chi connectivity index (χ1v) is 14.1. The van der Waals surface area contributed by atoms with Crippen LogP contribution in [0.5, 0.6) is 0 Å². The quantitative estimate of drug-likeness (QED) is 0.234. The molecular weight excluding hydrogens is 464 g/mol. The molecule has 2 heterocycles. The van der Waals surface area contributed by atoms with E-state index < -0.39 is 0 Å². The molecule has 2 aromatic heterocycles. The lowest BCUT2D eigenvalue weighted by Gasteiger charge is -2.24.